The van der Waals surface area contributed by atoms with Crippen LogP contribution in [-0.4, -0.2) is 48.9 Å². The number of rotatable bonds is 7. The van der Waals surface area contributed by atoms with Gasteiger partial charge in [-0.05, 0) is 32.9 Å². The van der Waals surface area contributed by atoms with Crippen molar-refractivity contribution in [2.45, 2.75) is 20.8 Å². The maximum atomic E-state index is 12.7. The lowest BCUT2D eigenvalue weighted by Gasteiger charge is -2.12. The Labute approximate surface area is 173 Å². The number of carbonyl (C=O) groups is 4. The van der Waals surface area contributed by atoms with Gasteiger partial charge in [0.25, 0.3) is 5.91 Å². The van der Waals surface area contributed by atoms with Crippen molar-refractivity contribution >= 4 is 29.6 Å². The summed E-state index contributed by atoms with van der Waals surface area (Å²) < 4.78 is 15.7. The van der Waals surface area contributed by atoms with E-state index in [4.69, 9.17) is 14.2 Å². The van der Waals surface area contributed by atoms with Crippen molar-refractivity contribution in [3.8, 4) is 0 Å². The third-order valence-electron chi connectivity index (χ3n) is 4.02. The molecule has 2 amide bonds. The smallest absolute Gasteiger partial charge is 0.426 e. The van der Waals surface area contributed by atoms with Gasteiger partial charge >= 0.3 is 18.0 Å². The zero-order valence-corrected chi connectivity index (χ0v) is 17.1. The van der Waals surface area contributed by atoms with Crippen LogP contribution in [0.5, 0.6) is 0 Å². The van der Waals surface area contributed by atoms with E-state index in [1.807, 2.05) is 0 Å². The molecule has 2 rings (SSSR count). The number of nitrogens with one attached hydrogen (secondary N) is 2. The largest absolute Gasteiger partial charge is 0.464 e. The summed E-state index contributed by atoms with van der Waals surface area (Å²) in [4.78, 5) is 49.8. The molecule has 0 aliphatic rings. The Balaban J connectivity index is 2.65. The number of nitrogens with zero attached hydrogens (tertiary/aromatic N) is 1. The summed E-state index contributed by atoms with van der Waals surface area (Å²) in [6, 6.07) is 8.21. The van der Waals surface area contributed by atoms with Gasteiger partial charge < -0.3 is 19.5 Å². The summed E-state index contributed by atoms with van der Waals surface area (Å²) >= 11 is 0. The predicted molar refractivity (Wildman–Crippen MR) is 107 cm³/mol. The monoisotopic (exact) mass is 417 g/mol. The molecular weight excluding hydrogens is 394 g/mol. The minimum Gasteiger partial charge on any atom is -0.464 e. The van der Waals surface area contributed by atoms with Crippen LogP contribution in [0.1, 0.15) is 50.7 Å². The first-order valence-electron chi connectivity index (χ1n) is 9.16. The summed E-state index contributed by atoms with van der Waals surface area (Å²) in [6.07, 6.45) is -0.864. The maximum absolute atomic E-state index is 12.7. The summed E-state index contributed by atoms with van der Waals surface area (Å²) in [5.41, 5.74) is 2.29. The number of ether oxygens (including phenoxy) is 3. The van der Waals surface area contributed by atoms with Gasteiger partial charge in [0.1, 0.15) is 5.56 Å². The molecule has 2 aromatic rings. The molecule has 0 fully saturated rings. The molecule has 0 saturated carbocycles. The van der Waals surface area contributed by atoms with Crippen molar-refractivity contribution < 1.29 is 33.4 Å². The fourth-order valence-electron chi connectivity index (χ4n) is 2.73. The van der Waals surface area contributed by atoms with E-state index in [1.165, 1.54) is 6.92 Å². The highest BCUT2D eigenvalue weighted by Crippen LogP contribution is 2.30. The van der Waals surface area contributed by atoms with Crippen molar-refractivity contribution in [1.29, 1.82) is 0 Å². The van der Waals surface area contributed by atoms with Gasteiger partial charge in [0.15, 0.2) is 5.69 Å². The highest BCUT2D eigenvalue weighted by atomic mass is 16.6. The van der Waals surface area contributed by atoms with Crippen molar-refractivity contribution in [2.75, 3.05) is 31.1 Å². The molecular formula is C20H23N3O7. The van der Waals surface area contributed by atoms with Gasteiger partial charge in [-0.15, -0.1) is 0 Å². The third-order valence-corrected chi connectivity index (χ3v) is 4.02. The Hall–Kier alpha value is -3.82. The summed E-state index contributed by atoms with van der Waals surface area (Å²) in [6.45, 7) is 4.85. The Kier molecular flexibility index (Phi) is 7.56. The Bertz CT molecular complexity index is 951. The second-order valence-electron chi connectivity index (χ2n) is 5.88. The zero-order chi connectivity index (χ0) is 22.3. The summed E-state index contributed by atoms with van der Waals surface area (Å²) in [5.74, 6) is -2.25. The lowest BCUT2D eigenvalue weighted by molar-refractivity contribution is 0.0526. The topological polar surface area (TPSA) is 125 Å². The summed E-state index contributed by atoms with van der Waals surface area (Å²) in [7, 11) is 1.13. The highest BCUT2D eigenvalue weighted by molar-refractivity contribution is 6.13. The minimum atomic E-state index is -0.895. The van der Waals surface area contributed by atoms with Gasteiger partial charge in [-0.1, -0.05) is 18.2 Å². The van der Waals surface area contributed by atoms with E-state index in [9.17, 15) is 19.2 Å². The molecule has 0 aliphatic heterocycles. The van der Waals surface area contributed by atoms with Gasteiger partial charge in [-0.3, -0.25) is 4.79 Å². The van der Waals surface area contributed by atoms with Crippen LogP contribution in [0.15, 0.2) is 30.3 Å². The first kappa shape index (κ1) is 22.5. The molecule has 1 heterocycles. The van der Waals surface area contributed by atoms with Crippen LogP contribution in [0.25, 0.3) is 0 Å². The van der Waals surface area contributed by atoms with E-state index in [0.717, 1.165) is 11.8 Å². The number of methoxy groups -OCH3 is 1. The lowest BCUT2D eigenvalue weighted by Crippen LogP contribution is -2.28. The number of carbonyl (C=O) groups excluding carboxylic acids is 4. The average Bonchev–Trinajstić information content (AvgIpc) is 2.99. The van der Waals surface area contributed by atoms with Crippen LogP contribution in [0.3, 0.4) is 0 Å². The summed E-state index contributed by atoms with van der Waals surface area (Å²) in [5, 5.41) is 2.56. The van der Waals surface area contributed by atoms with Gasteiger partial charge in [-0.25, -0.2) is 24.5 Å². The van der Waals surface area contributed by atoms with Crippen LogP contribution in [-0.2, 0) is 14.2 Å². The van der Waals surface area contributed by atoms with E-state index >= 15 is 0 Å². The Morgan fingerprint density at radius 3 is 2.17 bits per heavy atom. The molecule has 0 bridgehead atoms. The van der Waals surface area contributed by atoms with Gasteiger partial charge in [0.05, 0.1) is 31.7 Å². The minimum absolute atomic E-state index is 0.0639. The predicted octanol–water partition coefficient (Wildman–Crippen LogP) is 2.71. The van der Waals surface area contributed by atoms with Crippen LogP contribution >= 0.6 is 0 Å². The van der Waals surface area contributed by atoms with Crippen molar-refractivity contribution in [3.63, 3.8) is 0 Å². The molecule has 0 aliphatic carbocycles. The van der Waals surface area contributed by atoms with Crippen LogP contribution < -0.4 is 10.7 Å². The lowest BCUT2D eigenvalue weighted by atomic mass is 10.1. The third kappa shape index (κ3) is 4.77. The number of anilines is 1. The highest BCUT2D eigenvalue weighted by Gasteiger charge is 2.32. The molecule has 10 heteroatoms. The molecule has 10 nitrogen and oxygen atoms in total. The Morgan fingerprint density at radius 1 is 0.967 bits per heavy atom. The number of aromatic nitrogens is 1. The second kappa shape index (κ2) is 10.1. The first-order chi connectivity index (χ1) is 14.3. The van der Waals surface area contributed by atoms with Crippen LogP contribution in [0, 0.1) is 6.92 Å². The number of hydrogen-bond acceptors (Lipinski definition) is 7. The number of hydrogen-bond donors (Lipinski definition) is 2. The fourth-order valence-corrected chi connectivity index (χ4v) is 2.73. The van der Waals surface area contributed by atoms with Crippen LogP contribution in [0.4, 0.5) is 10.5 Å². The van der Waals surface area contributed by atoms with E-state index in [1.54, 1.807) is 44.2 Å². The fraction of sp³-hybridized carbons (Fsp3) is 0.300. The quantitative estimate of drug-likeness (QED) is 0.524. The zero-order valence-electron chi connectivity index (χ0n) is 17.1. The molecule has 0 radical (unpaired) electrons. The van der Waals surface area contributed by atoms with E-state index in [0.29, 0.717) is 5.56 Å². The first-order valence-corrected chi connectivity index (χ1v) is 9.16. The number of amides is 2. The molecule has 0 saturated heterocycles. The molecule has 0 atom stereocenters. The van der Waals surface area contributed by atoms with E-state index < -0.39 is 23.9 Å². The van der Waals surface area contributed by atoms with Crippen molar-refractivity contribution in [1.82, 2.24) is 4.68 Å². The SMILES string of the molecule is CCOC(=O)Nn1c(C)c(C(=O)OCC)c(NC(=O)c2ccccc2)c1C(=O)OC. The van der Waals surface area contributed by atoms with Gasteiger partial charge in [0, 0.05) is 5.56 Å². The molecule has 2 N–H and O–H groups in total. The molecule has 1 aromatic carbocycles. The number of esters is 2. The van der Waals surface area contributed by atoms with Gasteiger partial charge in [-0.2, -0.15) is 0 Å². The number of benzene rings is 1. The van der Waals surface area contributed by atoms with Crippen LogP contribution in [0.2, 0.25) is 0 Å². The Morgan fingerprint density at radius 2 is 1.60 bits per heavy atom. The second-order valence-corrected chi connectivity index (χ2v) is 5.88. The molecule has 1 aromatic heterocycles. The molecule has 160 valence electrons. The van der Waals surface area contributed by atoms with E-state index in [-0.39, 0.29) is 35.9 Å². The normalized spacial score (nSPS) is 10.1. The van der Waals surface area contributed by atoms with Gasteiger partial charge in [0.2, 0.25) is 0 Å². The average molecular weight is 417 g/mol. The van der Waals surface area contributed by atoms with Crippen molar-refractivity contribution in [2.24, 2.45) is 0 Å². The maximum Gasteiger partial charge on any atom is 0.426 e. The standard InChI is InChI=1S/C20H23N3O7/c1-5-29-18(25)14-12(3)23(22-20(27)30-6-2)16(19(26)28-4)15(14)21-17(24)13-10-8-7-9-11-13/h7-11H,5-6H2,1-4H3,(H,21,24)(H,22,27). The molecule has 0 unspecified atom stereocenters. The van der Waals surface area contributed by atoms with E-state index in [2.05, 4.69) is 10.7 Å². The molecule has 30 heavy (non-hydrogen) atoms. The van der Waals surface area contributed by atoms with Crippen molar-refractivity contribution in [3.05, 3.63) is 52.8 Å². The molecule has 0 spiro atoms.